The number of nitrogens with one attached hydrogen (secondary N) is 1. The number of ether oxygens (including phenoxy) is 1. The molecule has 1 N–H and O–H groups in total. The van der Waals surface area contributed by atoms with Gasteiger partial charge >= 0.3 is 5.97 Å². The van der Waals surface area contributed by atoms with Gasteiger partial charge in [0.15, 0.2) is 11.0 Å². The SMILES string of the molecule is CCn1c(SCC(=O)Nc2scc(-c3ccc(F)cc3)c2C(=O)OC)nnc1-c1ccccn1. The van der Waals surface area contributed by atoms with Crippen molar-refractivity contribution in [3.63, 3.8) is 0 Å². The van der Waals surface area contributed by atoms with E-state index < -0.39 is 5.97 Å². The van der Waals surface area contributed by atoms with Crippen molar-refractivity contribution >= 4 is 40.0 Å². The molecule has 3 aromatic heterocycles. The number of methoxy groups -OCH3 is 1. The molecule has 174 valence electrons. The summed E-state index contributed by atoms with van der Waals surface area (Å²) < 4.78 is 20.1. The predicted molar refractivity (Wildman–Crippen MR) is 129 cm³/mol. The Morgan fingerprint density at radius 1 is 1.18 bits per heavy atom. The van der Waals surface area contributed by atoms with E-state index in [-0.39, 0.29) is 23.0 Å². The maximum Gasteiger partial charge on any atom is 0.341 e. The van der Waals surface area contributed by atoms with E-state index in [0.717, 1.165) is 0 Å². The van der Waals surface area contributed by atoms with E-state index in [1.54, 1.807) is 23.7 Å². The molecule has 0 atom stereocenters. The predicted octanol–water partition coefficient (Wildman–Crippen LogP) is 4.75. The quantitative estimate of drug-likeness (QED) is 0.277. The number of carbonyl (C=O) groups is 2. The van der Waals surface area contributed by atoms with Crippen LogP contribution in [0, 0.1) is 5.82 Å². The molecule has 0 spiro atoms. The monoisotopic (exact) mass is 497 g/mol. The average molecular weight is 498 g/mol. The molecule has 3 heterocycles. The van der Waals surface area contributed by atoms with Crippen LogP contribution in [0.4, 0.5) is 9.39 Å². The van der Waals surface area contributed by atoms with Crippen molar-refractivity contribution in [2.75, 3.05) is 18.2 Å². The summed E-state index contributed by atoms with van der Waals surface area (Å²) in [5.41, 5.74) is 2.13. The number of esters is 1. The third-order valence-corrected chi connectivity index (χ3v) is 6.71. The van der Waals surface area contributed by atoms with Crippen LogP contribution in [0.3, 0.4) is 0 Å². The van der Waals surface area contributed by atoms with Crippen molar-refractivity contribution in [2.24, 2.45) is 0 Å². The third-order valence-electron chi connectivity index (χ3n) is 4.85. The van der Waals surface area contributed by atoms with E-state index in [1.807, 2.05) is 29.7 Å². The number of hydrogen-bond donors (Lipinski definition) is 1. The van der Waals surface area contributed by atoms with Crippen molar-refractivity contribution in [1.29, 1.82) is 0 Å². The van der Waals surface area contributed by atoms with Crippen LogP contribution in [0.15, 0.2) is 59.2 Å². The first-order valence-electron chi connectivity index (χ1n) is 10.2. The Kier molecular flexibility index (Phi) is 7.33. The van der Waals surface area contributed by atoms with E-state index in [9.17, 15) is 14.0 Å². The first kappa shape index (κ1) is 23.6. The van der Waals surface area contributed by atoms with Gasteiger partial charge in [-0.2, -0.15) is 0 Å². The van der Waals surface area contributed by atoms with Gasteiger partial charge in [-0.3, -0.25) is 9.78 Å². The highest BCUT2D eigenvalue weighted by molar-refractivity contribution is 7.99. The van der Waals surface area contributed by atoms with Gasteiger partial charge in [0.1, 0.15) is 22.1 Å². The lowest BCUT2D eigenvalue weighted by atomic mass is 10.0. The summed E-state index contributed by atoms with van der Waals surface area (Å²) in [5.74, 6) is -0.594. The number of pyridine rings is 1. The minimum atomic E-state index is -0.589. The largest absolute Gasteiger partial charge is 0.465 e. The van der Waals surface area contributed by atoms with Gasteiger partial charge in [0.25, 0.3) is 0 Å². The van der Waals surface area contributed by atoms with E-state index in [1.165, 1.54) is 42.3 Å². The Balaban J connectivity index is 1.50. The van der Waals surface area contributed by atoms with Crippen molar-refractivity contribution in [3.05, 3.63) is 65.4 Å². The number of thioether (sulfide) groups is 1. The number of benzene rings is 1. The maximum atomic E-state index is 13.3. The van der Waals surface area contributed by atoms with Gasteiger partial charge in [0, 0.05) is 23.7 Å². The number of anilines is 1. The lowest BCUT2D eigenvalue weighted by Crippen LogP contribution is -2.16. The van der Waals surface area contributed by atoms with Gasteiger partial charge in [-0.25, -0.2) is 9.18 Å². The fourth-order valence-corrected chi connectivity index (χ4v) is 5.03. The number of nitrogens with zero attached hydrogens (tertiary/aromatic N) is 4. The zero-order valence-electron chi connectivity index (χ0n) is 18.3. The van der Waals surface area contributed by atoms with Crippen LogP contribution in [-0.2, 0) is 16.1 Å². The van der Waals surface area contributed by atoms with Crippen molar-refractivity contribution in [3.8, 4) is 22.6 Å². The highest BCUT2D eigenvalue weighted by atomic mass is 32.2. The summed E-state index contributed by atoms with van der Waals surface area (Å²) in [6.45, 7) is 2.58. The Morgan fingerprint density at radius 3 is 2.65 bits per heavy atom. The van der Waals surface area contributed by atoms with Gasteiger partial charge in [-0.1, -0.05) is 30.0 Å². The van der Waals surface area contributed by atoms with Crippen LogP contribution in [-0.4, -0.2) is 44.5 Å². The highest BCUT2D eigenvalue weighted by Crippen LogP contribution is 2.36. The Hall–Kier alpha value is -3.57. The summed E-state index contributed by atoms with van der Waals surface area (Å²) in [5, 5.41) is 13.9. The lowest BCUT2D eigenvalue weighted by molar-refractivity contribution is -0.113. The minimum absolute atomic E-state index is 0.0603. The number of rotatable bonds is 8. The molecule has 1 amide bonds. The van der Waals surface area contributed by atoms with Crippen molar-refractivity contribution in [1.82, 2.24) is 19.7 Å². The molecule has 0 fully saturated rings. The van der Waals surface area contributed by atoms with Crippen LogP contribution >= 0.6 is 23.1 Å². The summed E-state index contributed by atoms with van der Waals surface area (Å²) in [6.07, 6.45) is 1.68. The molecule has 0 aliphatic heterocycles. The second-order valence-corrected chi connectivity index (χ2v) is 8.78. The number of amides is 1. The summed E-state index contributed by atoms with van der Waals surface area (Å²) >= 11 is 2.44. The first-order chi connectivity index (χ1) is 16.5. The lowest BCUT2D eigenvalue weighted by Gasteiger charge is -2.09. The molecule has 1 aromatic carbocycles. The van der Waals surface area contributed by atoms with Crippen molar-refractivity contribution < 1.29 is 18.7 Å². The molecule has 11 heteroatoms. The van der Waals surface area contributed by atoms with Gasteiger partial charge in [0.05, 0.1) is 12.9 Å². The van der Waals surface area contributed by atoms with Gasteiger partial charge in [-0.15, -0.1) is 21.5 Å². The Labute approximate surface area is 203 Å². The molecule has 0 saturated carbocycles. The van der Waals surface area contributed by atoms with E-state index >= 15 is 0 Å². The molecule has 0 unspecified atom stereocenters. The Bertz CT molecular complexity index is 1310. The van der Waals surface area contributed by atoms with E-state index in [0.29, 0.717) is 39.3 Å². The second-order valence-electron chi connectivity index (χ2n) is 6.95. The third kappa shape index (κ3) is 5.00. The topological polar surface area (TPSA) is 99.0 Å². The summed E-state index contributed by atoms with van der Waals surface area (Å²) in [4.78, 5) is 29.5. The summed E-state index contributed by atoms with van der Waals surface area (Å²) in [7, 11) is 1.27. The molecule has 4 aromatic rings. The van der Waals surface area contributed by atoms with Crippen LogP contribution in [0.2, 0.25) is 0 Å². The molecule has 34 heavy (non-hydrogen) atoms. The fraction of sp³-hybridized carbons (Fsp3) is 0.174. The molecule has 8 nitrogen and oxygen atoms in total. The van der Waals surface area contributed by atoms with Gasteiger partial charge in [0.2, 0.25) is 5.91 Å². The van der Waals surface area contributed by atoms with Gasteiger partial charge < -0.3 is 14.6 Å². The number of thiophene rings is 1. The first-order valence-corrected chi connectivity index (χ1v) is 12.1. The Morgan fingerprint density at radius 2 is 1.97 bits per heavy atom. The number of halogens is 1. The maximum absolute atomic E-state index is 13.3. The molecular weight excluding hydrogens is 477 g/mol. The van der Waals surface area contributed by atoms with Crippen LogP contribution in [0.1, 0.15) is 17.3 Å². The fourth-order valence-electron chi connectivity index (χ4n) is 3.25. The second kappa shape index (κ2) is 10.6. The van der Waals surface area contributed by atoms with Crippen LogP contribution < -0.4 is 5.32 Å². The zero-order valence-corrected chi connectivity index (χ0v) is 20.0. The number of carbonyl (C=O) groups excluding carboxylic acids is 2. The molecule has 0 radical (unpaired) electrons. The van der Waals surface area contributed by atoms with Gasteiger partial charge in [-0.05, 0) is 36.8 Å². The van der Waals surface area contributed by atoms with Crippen molar-refractivity contribution in [2.45, 2.75) is 18.6 Å². The average Bonchev–Trinajstić information content (AvgIpc) is 3.47. The smallest absolute Gasteiger partial charge is 0.341 e. The molecule has 0 saturated heterocycles. The number of aromatic nitrogens is 4. The molecule has 0 aliphatic rings. The molecule has 4 rings (SSSR count). The normalized spacial score (nSPS) is 10.8. The van der Waals surface area contributed by atoms with E-state index in [2.05, 4.69) is 20.5 Å². The van der Waals surface area contributed by atoms with E-state index in [4.69, 9.17) is 4.74 Å². The summed E-state index contributed by atoms with van der Waals surface area (Å²) in [6, 6.07) is 11.3. The molecule has 0 bridgehead atoms. The minimum Gasteiger partial charge on any atom is -0.465 e. The molecular formula is C23H20FN5O3S2. The van der Waals surface area contributed by atoms with Crippen LogP contribution in [0.25, 0.3) is 22.6 Å². The van der Waals surface area contributed by atoms with Crippen LogP contribution in [0.5, 0.6) is 0 Å². The highest BCUT2D eigenvalue weighted by Gasteiger charge is 2.23. The zero-order chi connectivity index (χ0) is 24.1. The number of hydrogen-bond acceptors (Lipinski definition) is 8. The standard InChI is InChI=1S/C23H20FN5O3S2/c1-3-29-20(17-6-4-5-11-25-17)27-28-23(29)34-13-18(30)26-21-19(22(31)32-2)16(12-33-21)14-7-9-15(24)10-8-14/h4-12H,3,13H2,1-2H3,(H,26,30). The molecule has 0 aliphatic carbocycles.